The summed E-state index contributed by atoms with van der Waals surface area (Å²) in [4.78, 5) is 27.6. The zero-order valence-electron chi connectivity index (χ0n) is 12.6. The molecular formula is C15H23N5O. The van der Waals surface area contributed by atoms with Crippen LogP contribution in [0.4, 0.5) is 5.95 Å². The summed E-state index contributed by atoms with van der Waals surface area (Å²) in [7, 11) is 2.10. The third-order valence-electron chi connectivity index (χ3n) is 4.40. The van der Waals surface area contributed by atoms with Gasteiger partial charge in [0.2, 0.25) is 11.9 Å². The maximum absolute atomic E-state index is 12.6. The molecule has 0 aliphatic carbocycles. The highest BCUT2D eigenvalue weighted by molar-refractivity contribution is 5.79. The fourth-order valence-electron chi connectivity index (χ4n) is 3.21. The van der Waals surface area contributed by atoms with Crippen molar-refractivity contribution in [1.82, 2.24) is 19.8 Å². The Hall–Kier alpha value is -1.69. The highest BCUT2D eigenvalue weighted by Gasteiger charge is 2.30. The van der Waals surface area contributed by atoms with Crippen LogP contribution in [0, 0.1) is 5.92 Å². The number of hydrogen-bond acceptors (Lipinski definition) is 5. The fraction of sp³-hybridized carbons (Fsp3) is 0.667. The fourth-order valence-corrected chi connectivity index (χ4v) is 3.21. The molecule has 0 radical (unpaired) electrons. The van der Waals surface area contributed by atoms with Crippen molar-refractivity contribution in [3.05, 3.63) is 18.5 Å². The van der Waals surface area contributed by atoms with Crippen molar-refractivity contribution in [2.24, 2.45) is 5.92 Å². The van der Waals surface area contributed by atoms with E-state index in [1.807, 2.05) is 11.0 Å². The van der Waals surface area contributed by atoms with E-state index < -0.39 is 0 Å². The molecule has 0 bridgehead atoms. The number of piperazine rings is 1. The predicted octanol–water partition coefficient (Wildman–Crippen LogP) is 0.467. The van der Waals surface area contributed by atoms with Gasteiger partial charge in [0.25, 0.3) is 0 Å². The minimum atomic E-state index is 0.184. The molecule has 1 amide bonds. The quantitative estimate of drug-likeness (QED) is 0.792. The van der Waals surface area contributed by atoms with E-state index in [1.54, 1.807) is 12.4 Å². The van der Waals surface area contributed by atoms with E-state index in [9.17, 15) is 4.79 Å². The Bertz CT molecular complexity index is 472. The maximum atomic E-state index is 12.6. The second-order valence-corrected chi connectivity index (χ2v) is 5.96. The van der Waals surface area contributed by atoms with E-state index >= 15 is 0 Å². The van der Waals surface area contributed by atoms with Crippen LogP contribution in [-0.2, 0) is 4.79 Å². The molecule has 1 unspecified atom stereocenters. The summed E-state index contributed by atoms with van der Waals surface area (Å²) in [6.07, 6.45) is 5.69. The lowest BCUT2D eigenvalue weighted by molar-refractivity contribution is -0.137. The van der Waals surface area contributed by atoms with Crippen molar-refractivity contribution < 1.29 is 4.79 Å². The van der Waals surface area contributed by atoms with E-state index in [0.29, 0.717) is 5.91 Å². The first-order chi connectivity index (χ1) is 10.2. The standard InChI is InChI=1S/C15H23N5O/c1-18-7-2-4-13(12-18)14(21)19-8-10-20(11-9-19)15-16-5-3-6-17-15/h3,5-6,13H,2,4,7-12H2,1H3. The number of piperidine rings is 1. The van der Waals surface area contributed by atoms with Crippen molar-refractivity contribution in [2.75, 3.05) is 51.2 Å². The second-order valence-electron chi connectivity index (χ2n) is 5.96. The molecular weight excluding hydrogens is 266 g/mol. The molecule has 1 aromatic heterocycles. The Morgan fingerprint density at radius 2 is 1.86 bits per heavy atom. The molecule has 6 heteroatoms. The maximum Gasteiger partial charge on any atom is 0.227 e. The molecule has 6 nitrogen and oxygen atoms in total. The molecule has 0 aromatic carbocycles. The van der Waals surface area contributed by atoms with E-state index in [0.717, 1.165) is 58.1 Å². The normalized spacial score (nSPS) is 24.1. The first kappa shape index (κ1) is 14.3. The number of amides is 1. The topological polar surface area (TPSA) is 52.6 Å². The molecule has 3 heterocycles. The SMILES string of the molecule is CN1CCCC(C(=O)N2CCN(c3ncccn3)CC2)C1. The van der Waals surface area contributed by atoms with E-state index in [1.165, 1.54) is 0 Å². The van der Waals surface area contributed by atoms with Gasteiger partial charge in [-0.2, -0.15) is 0 Å². The molecule has 0 spiro atoms. The van der Waals surface area contributed by atoms with Gasteiger partial charge in [-0.1, -0.05) is 0 Å². The lowest BCUT2D eigenvalue weighted by Gasteiger charge is -2.38. The minimum Gasteiger partial charge on any atom is -0.339 e. The Kier molecular flexibility index (Phi) is 4.34. The molecule has 1 atom stereocenters. The highest BCUT2D eigenvalue weighted by Crippen LogP contribution is 2.19. The number of carbonyl (C=O) groups excluding carboxylic acids is 1. The lowest BCUT2D eigenvalue weighted by atomic mass is 9.96. The predicted molar refractivity (Wildman–Crippen MR) is 81.0 cm³/mol. The Balaban J connectivity index is 1.54. The number of hydrogen-bond donors (Lipinski definition) is 0. The average Bonchev–Trinajstić information content (AvgIpc) is 2.55. The first-order valence-electron chi connectivity index (χ1n) is 7.73. The number of carbonyl (C=O) groups is 1. The molecule has 0 saturated carbocycles. The van der Waals surface area contributed by atoms with Crippen LogP contribution in [0.3, 0.4) is 0 Å². The molecule has 21 heavy (non-hydrogen) atoms. The van der Waals surface area contributed by atoms with Crippen molar-refractivity contribution in [1.29, 1.82) is 0 Å². The van der Waals surface area contributed by atoms with Crippen LogP contribution in [0.2, 0.25) is 0 Å². The zero-order chi connectivity index (χ0) is 14.7. The zero-order valence-corrected chi connectivity index (χ0v) is 12.6. The summed E-state index contributed by atoms with van der Waals surface area (Å²) < 4.78 is 0. The number of rotatable bonds is 2. The Labute approximate surface area is 125 Å². The van der Waals surface area contributed by atoms with Gasteiger partial charge in [-0.25, -0.2) is 9.97 Å². The monoisotopic (exact) mass is 289 g/mol. The molecule has 114 valence electrons. The van der Waals surface area contributed by atoms with Gasteiger partial charge in [0.05, 0.1) is 5.92 Å². The number of likely N-dealkylation sites (tertiary alicyclic amines) is 1. The van der Waals surface area contributed by atoms with Crippen molar-refractivity contribution >= 4 is 11.9 Å². The highest BCUT2D eigenvalue weighted by atomic mass is 16.2. The molecule has 2 saturated heterocycles. The summed E-state index contributed by atoms with van der Waals surface area (Å²) in [6, 6.07) is 1.82. The Morgan fingerprint density at radius 1 is 1.14 bits per heavy atom. The first-order valence-corrected chi connectivity index (χ1v) is 7.73. The molecule has 3 rings (SSSR count). The van der Waals surface area contributed by atoms with E-state index in [4.69, 9.17) is 0 Å². The smallest absolute Gasteiger partial charge is 0.227 e. The van der Waals surface area contributed by atoms with Gasteiger partial charge < -0.3 is 14.7 Å². The summed E-state index contributed by atoms with van der Waals surface area (Å²) in [5.74, 6) is 1.28. The van der Waals surface area contributed by atoms with Crippen molar-refractivity contribution in [3.8, 4) is 0 Å². The van der Waals surface area contributed by atoms with Gasteiger partial charge >= 0.3 is 0 Å². The van der Waals surface area contributed by atoms with Gasteiger partial charge in [0.1, 0.15) is 0 Å². The van der Waals surface area contributed by atoms with Crippen LogP contribution >= 0.6 is 0 Å². The van der Waals surface area contributed by atoms with E-state index in [-0.39, 0.29) is 5.92 Å². The molecule has 2 aliphatic rings. The van der Waals surface area contributed by atoms with Gasteiger partial charge in [-0.15, -0.1) is 0 Å². The van der Waals surface area contributed by atoms with Gasteiger partial charge in [0, 0.05) is 45.1 Å². The van der Waals surface area contributed by atoms with Crippen molar-refractivity contribution in [2.45, 2.75) is 12.8 Å². The summed E-state index contributed by atoms with van der Waals surface area (Å²) >= 11 is 0. The van der Waals surface area contributed by atoms with Crippen molar-refractivity contribution in [3.63, 3.8) is 0 Å². The molecule has 1 aromatic rings. The molecule has 2 aliphatic heterocycles. The van der Waals surface area contributed by atoms with E-state index in [2.05, 4.69) is 26.8 Å². The average molecular weight is 289 g/mol. The van der Waals surface area contributed by atoms with Gasteiger partial charge in [-0.05, 0) is 32.5 Å². The number of nitrogens with zero attached hydrogens (tertiary/aromatic N) is 5. The minimum absolute atomic E-state index is 0.184. The Morgan fingerprint density at radius 3 is 2.52 bits per heavy atom. The van der Waals surface area contributed by atoms with Gasteiger partial charge in [0.15, 0.2) is 0 Å². The van der Waals surface area contributed by atoms with Gasteiger partial charge in [-0.3, -0.25) is 4.79 Å². The van der Waals surface area contributed by atoms with Crippen LogP contribution in [0.1, 0.15) is 12.8 Å². The molecule has 2 fully saturated rings. The number of aromatic nitrogens is 2. The third kappa shape index (κ3) is 3.32. The third-order valence-corrected chi connectivity index (χ3v) is 4.40. The van der Waals surface area contributed by atoms with Crippen LogP contribution in [0.15, 0.2) is 18.5 Å². The van der Waals surface area contributed by atoms with Crippen LogP contribution in [0.25, 0.3) is 0 Å². The number of anilines is 1. The summed E-state index contributed by atoms with van der Waals surface area (Å²) in [5, 5.41) is 0. The second kappa shape index (κ2) is 6.39. The van der Waals surface area contributed by atoms with Crippen LogP contribution in [-0.4, -0.2) is 72.0 Å². The van der Waals surface area contributed by atoms with Crippen LogP contribution in [0.5, 0.6) is 0 Å². The largest absolute Gasteiger partial charge is 0.339 e. The van der Waals surface area contributed by atoms with Crippen LogP contribution < -0.4 is 4.90 Å². The summed E-state index contributed by atoms with van der Waals surface area (Å²) in [6.45, 7) is 5.20. The lowest BCUT2D eigenvalue weighted by Crippen LogP contribution is -2.52. The summed E-state index contributed by atoms with van der Waals surface area (Å²) in [5.41, 5.74) is 0. The molecule has 0 N–H and O–H groups in total.